The van der Waals surface area contributed by atoms with Gasteiger partial charge in [-0.3, -0.25) is 9.78 Å². The zero-order valence-electron chi connectivity index (χ0n) is 16.1. The molecule has 1 amide bonds. The molecule has 0 saturated carbocycles. The molecular formula is C19H17F4N5O2S. The summed E-state index contributed by atoms with van der Waals surface area (Å²) in [6.45, 7) is 2.03. The monoisotopic (exact) mass is 455 g/mol. The molecule has 1 saturated heterocycles. The van der Waals surface area contributed by atoms with Crippen LogP contribution in [0.5, 0.6) is 0 Å². The van der Waals surface area contributed by atoms with Gasteiger partial charge in [0.25, 0.3) is 5.91 Å². The van der Waals surface area contributed by atoms with E-state index in [1.165, 1.54) is 17.2 Å². The number of β-amino-alcohol motifs (C(OH)–C–C–N with tert-alkyl or cyclic N) is 1. The number of carbonyl (C=O) groups is 1. The first-order chi connectivity index (χ1) is 14.6. The van der Waals surface area contributed by atoms with Gasteiger partial charge in [0, 0.05) is 19.3 Å². The number of hydrogen-bond donors (Lipinski definition) is 2. The fourth-order valence-electron chi connectivity index (χ4n) is 3.30. The van der Waals surface area contributed by atoms with Crippen LogP contribution in [0.15, 0.2) is 24.5 Å². The molecule has 1 aliphatic rings. The number of alkyl halides is 3. The first-order valence-corrected chi connectivity index (χ1v) is 10.2. The highest BCUT2D eigenvalue weighted by molar-refractivity contribution is 7.19. The van der Waals surface area contributed by atoms with Crippen LogP contribution in [0, 0.1) is 5.82 Å². The minimum absolute atomic E-state index is 0.0179. The van der Waals surface area contributed by atoms with Gasteiger partial charge in [-0.15, -0.1) is 11.3 Å². The number of nitrogens with one attached hydrogen (secondary N) is 1. The van der Waals surface area contributed by atoms with Gasteiger partial charge in [0.2, 0.25) is 5.95 Å². The van der Waals surface area contributed by atoms with Crippen LogP contribution in [0.1, 0.15) is 40.3 Å². The summed E-state index contributed by atoms with van der Waals surface area (Å²) in [6, 6.07) is 1.60. The predicted octanol–water partition coefficient (Wildman–Crippen LogP) is 3.62. The fourth-order valence-corrected chi connectivity index (χ4v) is 4.24. The van der Waals surface area contributed by atoms with Crippen molar-refractivity contribution in [2.45, 2.75) is 31.7 Å². The molecule has 3 aromatic heterocycles. The second-order valence-electron chi connectivity index (χ2n) is 7.21. The van der Waals surface area contributed by atoms with E-state index in [2.05, 4.69) is 20.3 Å². The number of aromatic nitrogens is 3. The Morgan fingerprint density at radius 2 is 2.10 bits per heavy atom. The number of aliphatic hydroxyl groups is 1. The number of thiophene rings is 1. The summed E-state index contributed by atoms with van der Waals surface area (Å²) in [6.07, 6.45) is -2.42. The largest absolute Gasteiger partial charge is 0.425 e. The lowest BCUT2D eigenvalue weighted by Gasteiger charge is -2.17. The highest BCUT2D eigenvalue weighted by Crippen LogP contribution is 2.39. The smallest absolute Gasteiger partial charge is 0.391 e. The maximum atomic E-state index is 13.5. The molecule has 3 aromatic rings. The van der Waals surface area contributed by atoms with Crippen molar-refractivity contribution in [3.8, 4) is 0 Å². The van der Waals surface area contributed by atoms with Gasteiger partial charge in [-0.2, -0.15) is 13.2 Å². The van der Waals surface area contributed by atoms with Crippen molar-refractivity contribution in [3.63, 3.8) is 0 Å². The molecule has 31 heavy (non-hydrogen) atoms. The number of anilines is 1. The molecule has 0 radical (unpaired) electrons. The second kappa shape index (κ2) is 8.00. The normalized spacial score (nSPS) is 17.9. The summed E-state index contributed by atoms with van der Waals surface area (Å²) in [4.78, 5) is 25.5. The van der Waals surface area contributed by atoms with Crippen molar-refractivity contribution in [1.29, 1.82) is 0 Å². The highest BCUT2D eigenvalue weighted by atomic mass is 32.1. The van der Waals surface area contributed by atoms with Crippen molar-refractivity contribution in [1.82, 2.24) is 19.9 Å². The Bertz CT molecular complexity index is 1140. The summed E-state index contributed by atoms with van der Waals surface area (Å²) >= 11 is 0.397. The van der Waals surface area contributed by atoms with E-state index in [4.69, 9.17) is 0 Å². The van der Waals surface area contributed by atoms with E-state index in [0.717, 1.165) is 12.3 Å². The zero-order chi connectivity index (χ0) is 22.3. The SMILES string of the molecule is CC(Nc1nc(C(=O)N2CCC(O)C2)c2sc(C(F)(F)F)cc2n1)c1cncc(F)c1. The number of fused-ring (bicyclic) bond motifs is 1. The maximum Gasteiger partial charge on any atom is 0.425 e. The van der Waals surface area contributed by atoms with Crippen molar-refractivity contribution in [2.24, 2.45) is 0 Å². The number of pyridine rings is 1. The number of amides is 1. The first-order valence-electron chi connectivity index (χ1n) is 9.35. The van der Waals surface area contributed by atoms with Gasteiger partial charge >= 0.3 is 6.18 Å². The maximum absolute atomic E-state index is 13.5. The Labute approximate surface area is 177 Å². The fraction of sp³-hybridized carbons (Fsp3) is 0.368. The van der Waals surface area contributed by atoms with E-state index in [0.29, 0.717) is 23.3 Å². The summed E-state index contributed by atoms with van der Waals surface area (Å²) < 4.78 is 53.3. The molecule has 0 bridgehead atoms. The quantitative estimate of drug-likeness (QED) is 0.584. The van der Waals surface area contributed by atoms with Crippen molar-refractivity contribution in [3.05, 3.63) is 46.5 Å². The van der Waals surface area contributed by atoms with E-state index in [9.17, 15) is 27.5 Å². The molecule has 0 spiro atoms. The van der Waals surface area contributed by atoms with Crippen LogP contribution in [0.3, 0.4) is 0 Å². The number of halogens is 4. The van der Waals surface area contributed by atoms with Crippen LogP contribution in [0.2, 0.25) is 0 Å². The lowest BCUT2D eigenvalue weighted by Crippen LogP contribution is -2.30. The number of carbonyl (C=O) groups excluding carboxylic acids is 1. The van der Waals surface area contributed by atoms with Gasteiger partial charge < -0.3 is 15.3 Å². The number of hydrogen-bond acceptors (Lipinski definition) is 7. The third-order valence-corrected chi connectivity index (χ3v) is 6.05. The molecule has 0 aromatic carbocycles. The molecule has 4 heterocycles. The van der Waals surface area contributed by atoms with Crippen LogP contribution >= 0.6 is 11.3 Å². The predicted molar refractivity (Wildman–Crippen MR) is 105 cm³/mol. The topological polar surface area (TPSA) is 91.2 Å². The number of nitrogens with zero attached hydrogens (tertiary/aromatic N) is 4. The molecule has 4 rings (SSSR count). The van der Waals surface area contributed by atoms with Crippen LogP contribution in [-0.4, -0.2) is 50.1 Å². The number of aliphatic hydroxyl groups excluding tert-OH is 1. The standard InChI is InChI=1S/C19H17F4N5O2S/c1-9(10-4-11(20)7-24-6-10)25-18-26-13-5-14(19(21,22)23)31-16(13)15(27-18)17(30)28-3-2-12(29)8-28/h4-7,9,12,29H,2-3,8H2,1H3,(H,25,26,27). The van der Waals surface area contributed by atoms with Gasteiger partial charge in [0.1, 0.15) is 10.7 Å². The Morgan fingerprint density at radius 3 is 2.74 bits per heavy atom. The summed E-state index contributed by atoms with van der Waals surface area (Å²) in [7, 11) is 0. The van der Waals surface area contributed by atoms with E-state index < -0.39 is 34.9 Å². The average molecular weight is 455 g/mol. The van der Waals surface area contributed by atoms with E-state index in [1.807, 2.05) is 0 Å². The van der Waals surface area contributed by atoms with E-state index in [1.54, 1.807) is 6.92 Å². The first kappa shape index (κ1) is 21.4. The second-order valence-corrected chi connectivity index (χ2v) is 8.27. The molecule has 1 fully saturated rings. The molecule has 1 aliphatic heterocycles. The van der Waals surface area contributed by atoms with Crippen LogP contribution in [0.4, 0.5) is 23.5 Å². The molecule has 12 heteroatoms. The molecule has 7 nitrogen and oxygen atoms in total. The van der Waals surface area contributed by atoms with E-state index >= 15 is 0 Å². The highest BCUT2D eigenvalue weighted by Gasteiger charge is 2.35. The lowest BCUT2D eigenvalue weighted by atomic mass is 10.1. The van der Waals surface area contributed by atoms with Gasteiger partial charge in [-0.1, -0.05) is 0 Å². The minimum atomic E-state index is -4.59. The molecule has 2 unspecified atom stereocenters. The molecule has 164 valence electrons. The van der Waals surface area contributed by atoms with Crippen LogP contribution in [-0.2, 0) is 6.18 Å². The summed E-state index contributed by atoms with van der Waals surface area (Å²) in [5.41, 5.74) is 0.273. The lowest BCUT2D eigenvalue weighted by molar-refractivity contribution is -0.134. The van der Waals surface area contributed by atoms with Crippen LogP contribution < -0.4 is 5.32 Å². The Balaban J connectivity index is 1.74. The third-order valence-electron chi connectivity index (χ3n) is 4.88. The average Bonchev–Trinajstić information content (AvgIpc) is 3.33. The van der Waals surface area contributed by atoms with Crippen LogP contribution in [0.25, 0.3) is 10.2 Å². The molecule has 0 aliphatic carbocycles. The van der Waals surface area contributed by atoms with Crippen molar-refractivity contribution < 1.29 is 27.5 Å². The van der Waals surface area contributed by atoms with Gasteiger partial charge in [-0.25, -0.2) is 14.4 Å². The number of likely N-dealkylation sites (tertiary alicyclic amines) is 1. The van der Waals surface area contributed by atoms with E-state index in [-0.39, 0.29) is 34.9 Å². The Kier molecular flexibility index (Phi) is 5.52. The summed E-state index contributed by atoms with van der Waals surface area (Å²) in [5.74, 6) is -1.19. The molecule has 2 N–H and O–H groups in total. The minimum Gasteiger partial charge on any atom is -0.391 e. The zero-order valence-corrected chi connectivity index (χ0v) is 17.0. The Hall–Kier alpha value is -2.86. The number of rotatable bonds is 4. The molecular weight excluding hydrogens is 438 g/mol. The summed E-state index contributed by atoms with van der Waals surface area (Å²) in [5, 5.41) is 12.6. The third kappa shape index (κ3) is 4.44. The van der Waals surface area contributed by atoms with Gasteiger partial charge in [0.15, 0.2) is 5.69 Å². The Morgan fingerprint density at radius 1 is 1.32 bits per heavy atom. The van der Waals surface area contributed by atoms with Gasteiger partial charge in [-0.05, 0) is 31.0 Å². The van der Waals surface area contributed by atoms with Crippen molar-refractivity contribution in [2.75, 3.05) is 18.4 Å². The van der Waals surface area contributed by atoms with Gasteiger partial charge in [0.05, 0.1) is 28.6 Å². The van der Waals surface area contributed by atoms with Crippen molar-refractivity contribution >= 4 is 33.4 Å². The molecule has 2 atom stereocenters.